The molecule has 0 radical (unpaired) electrons. The van der Waals surface area contributed by atoms with Gasteiger partial charge in [-0.3, -0.25) is 14.4 Å². The van der Waals surface area contributed by atoms with Gasteiger partial charge in [0.2, 0.25) is 11.8 Å². The minimum atomic E-state index is -0.822. The second-order valence-corrected chi connectivity index (χ2v) is 9.35. The summed E-state index contributed by atoms with van der Waals surface area (Å²) in [7, 11) is 1.56. The molecule has 1 unspecified atom stereocenters. The first-order chi connectivity index (χ1) is 17.0. The Balaban J connectivity index is 1.48. The van der Waals surface area contributed by atoms with Gasteiger partial charge in [0.15, 0.2) is 5.78 Å². The number of amides is 2. The summed E-state index contributed by atoms with van der Waals surface area (Å²) in [5.41, 5.74) is 2.79. The minimum Gasteiger partial charge on any atom is -0.497 e. The monoisotopic (exact) mass is 484 g/mol. The van der Waals surface area contributed by atoms with Gasteiger partial charge in [0.05, 0.1) is 30.7 Å². The molecule has 0 bridgehead atoms. The van der Waals surface area contributed by atoms with Crippen molar-refractivity contribution in [1.82, 2.24) is 4.90 Å². The van der Waals surface area contributed by atoms with E-state index in [1.165, 1.54) is 4.90 Å². The standard InChI is InChI=1S/C28H21ClN2O4/c1-35-20-11-9-17(10-12-20)26(32)25-23-22(24-21-8-3-2-5-16(21)13-14-30(24)25)27(33)31(28(23)34)19-7-4-6-18(29)15-19/h2-15,22-25H,1H3/t22-,23+,24?,25-/m0/s1. The first-order valence-electron chi connectivity index (χ1n) is 11.4. The van der Waals surface area contributed by atoms with E-state index in [-0.39, 0.29) is 17.6 Å². The average Bonchev–Trinajstić information content (AvgIpc) is 3.36. The predicted molar refractivity (Wildman–Crippen MR) is 132 cm³/mol. The number of hydrogen-bond acceptors (Lipinski definition) is 5. The van der Waals surface area contributed by atoms with E-state index in [0.29, 0.717) is 22.0 Å². The van der Waals surface area contributed by atoms with Crippen molar-refractivity contribution in [3.05, 3.63) is 101 Å². The zero-order chi connectivity index (χ0) is 24.3. The second-order valence-electron chi connectivity index (χ2n) is 8.92. The fourth-order valence-corrected chi connectivity index (χ4v) is 5.84. The number of carbonyl (C=O) groups excluding carboxylic acids is 3. The molecule has 3 aliphatic heterocycles. The third-order valence-corrected chi connectivity index (χ3v) is 7.41. The summed E-state index contributed by atoms with van der Waals surface area (Å²) in [6.45, 7) is 0. The number of anilines is 1. The molecule has 3 heterocycles. The number of hydrogen-bond donors (Lipinski definition) is 0. The van der Waals surface area contributed by atoms with Crippen LogP contribution in [0.2, 0.25) is 5.02 Å². The zero-order valence-electron chi connectivity index (χ0n) is 18.8. The van der Waals surface area contributed by atoms with Gasteiger partial charge in [-0.2, -0.15) is 0 Å². The Kier molecular flexibility index (Phi) is 5.00. The Morgan fingerprint density at radius 2 is 1.66 bits per heavy atom. The summed E-state index contributed by atoms with van der Waals surface area (Å²) < 4.78 is 5.22. The molecule has 0 aromatic heterocycles. The molecule has 0 aliphatic carbocycles. The van der Waals surface area contributed by atoms with Crippen LogP contribution < -0.4 is 9.64 Å². The molecule has 6 nitrogen and oxygen atoms in total. The van der Waals surface area contributed by atoms with E-state index in [9.17, 15) is 14.4 Å². The molecule has 0 N–H and O–H groups in total. The first-order valence-corrected chi connectivity index (χ1v) is 11.7. The number of carbonyl (C=O) groups is 3. The number of ketones is 1. The van der Waals surface area contributed by atoms with Gasteiger partial charge in [-0.15, -0.1) is 0 Å². The predicted octanol–water partition coefficient (Wildman–Crippen LogP) is 4.75. The molecular formula is C28H21ClN2O4. The van der Waals surface area contributed by atoms with E-state index in [1.807, 2.05) is 41.4 Å². The molecule has 2 amide bonds. The minimum absolute atomic E-state index is 0.205. The lowest BCUT2D eigenvalue weighted by Crippen LogP contribution is -2.44. The maximum atomic E-state index is 13.9. The third kappa shape index (κ3) is 3.21. The fourth-order valence-electron chi connectivity index (χ4n) is 5.65. The Morgan fingerprint density at radius 3 is 2.40 bits per heavy atom. The number of fused-ring (bicyclic) bond motifs is 5. The average molecular weight is 485 g/mol. The zero-order valence-corrected chi connectivity index (χ0v) is 19.6. The number of halogens is 1. The van der Waals surface area contributed by atoms with Crippen molar-refractivity contribution in [2.24, 2.45) is 11.8 Å². The number of imide groups is 1. The van der Waals surface area contributed by atoms with Crippen molar-refractivity contribution in [3.8, 4) is 5.75 Å². The number of ether oxygens (including phenoxy) is 1. The molecule has 3 aliphatic rings. The van der Waals surface area contributed by atoms with Gasteiger partial charge in [0.1, 0.15) is 11.8 Å². The van der Waals surface area contributed by atoms with E-state index in [2.05, 4.69) is 0 Å². The molecule has 3 aromatic carbocycles. The lowest BCUT2D eigenvalue weighted by molar-refractivity contribution is -0.123. The molecule has 4 atom stereocenters. The molecule has 0 spiro atoms. The Labute approximate surface area is 207 Å². The van der Waals surface area contributed by atoms with Crippen molar-refractivity contribution in [2.75, 3.05) is 12.0 Å². The summed E-state index contributed by atoms with van der Waals surface area (Å²) in [6.07, 6.45) is 3.78. The van der Waals surface area contributed by atoms with Crippen LogP contribution in [0.3, 0.4) is 0 Å². The topological polar surface area (TPSA) is 66.9 Å². The van der Waals surface area contributed by atoms with E-state index in [1.54, 1.807) is 55.6 Å². The van der Waals surface area contributed by atoms with Crippen LogP contribution in [-0.2, 0) is 9.59 Å². The number of benzene rings is 3. The van der Waals surface area contributed by atoms with Crippen LogP contribution in [0.1, 0.15) is 27.5 Å². The Morgan fingerprint density at radius 1 is 0.914 bits per heavy atom. The summed E-state index contributed by atoms with van der Waals surface area (Å²) >= 11 is 6.17. The van der Waals surface area contributed by atoms with E-state index in [4.69, 9.17) is 16.3 Å². The van der Waals surface area contributed by atoms with Crippen molar-refractivity contribution in [3.63, 3.8) is 0 Å². The van der Waals surface area contributed by atoms with Crippen LogP contribution >= 0.6 is 11.6 Å². The van der Waals surface area contributed by atoms with Crippen molar-refractivity contribution < 1.29 is 19.1 Å². The number of rotatable bonds is 4. The highest BCUT2D eigenvalue weighted by Gasteiger charge is 2.64. The van der Waals surface area contributed by atoms with Crippen LogP contribution in [0.5, 0.6) is 5.75 Å². The normalized spacial score (nSPS) is 24.3. The quantitative estimate of drug-likeness (QED) is 0.395. The Hall–Kier alpha value is -3.90. The summed E-state index contributed by atoms with van der Waals surface area (Å²) in [5, 5.41) is 0.429. The fraction of sp³-hybridized carbons (Fsp3) is 0.179. The van der Waals surface area contributed by atoms with Crippen molar-refractivity contribution in [1.29, 1.82) is 0 Å². The van der Waals surface area contributed by atoms with Crippen molar-refractivity contribution >= 4 is 41.0 Å². The SMILES string of the molecule is COc1ccc(C(=O)[C@@H]2[C@@H]3C(=O)N(c4cccc(Cl)c4)C(=O)[C@@H]3C3c4ccccc4C=CN32)cc1. The number of methoxy groups -OCH3 is 1. The molecule has 2 fully saturated rings. The van der Waals surface area contributed by atoms with Gasteiger partial charge in [0, 0.05) is 16.8 Å². The summed E-state index contributed by atoms with van der Waals surface area (Å²) in [5.74, 6) is -1.78. The van der Waals surface area contributed by atoms with Gasteiger partial charge in [0.25, 0.3) is 0 Å². The molecule has 7 heteroatoms. The van der Waals surface area contributed by atoms with Gasteiger partial charge in [-0.1, -0.05) is 41.9 Å². The van der Waals surface area contributed by atoms with Crippen LogP contribution in [0.25, 0.3) is 6.08 Å². The highest BCUT2D eigenvalue weighted by molar-refractivity contribution is 6.31. The summed E-state index contributed by atoms with van der Waals surface area (Å²) in [4.78, 5) is 44.7. The summed E-state index contributed by atoms with van der Waals surface area (Å²) in [6, 6.07) is 20.1. The molecule has 3 aromatic rings. The lowest BCUT2D eigenvalue weighted by Gasteiger charge is -2.35. The first kappa shape index (κ1) is 21.6. The maximum Gasteiger partial charge on any atom is 0.240 e. The third-order valence-electron chi connectivity index (χ3n) is 7.17. The van der Waals surface area contributed by atoms with Gasteiger partial charge in [-0.25, -0.2) is 4.90 Å². The molecule has 2 saturated heterocycles. The van der Waals surface area contributed by atoms with Crippen LogP contribution in [0, 0.1) is 11.8 Å². The van der Waals surface area contributed by atoms with E-state index in [0.717, 1.165) is 11.1 Å². The highest BCUT2D eigenvalue weighted by Crippen LogP contribution is 2.53. The van der Waals surface area contributed by atoms with Gasteiger partial charge in [-0.05, 0) is 59.7 Å². The second kappa shape index (κ2) is 8.10. The smallest absolute Gasteiger partial charge is 0.240 e. The highest BCUT2D eigenvalue weighted by atomic mass is 35.5. The van der Waals surface area contributed by atoms with Crippen LogP contribution in [0.15, 0.2) is 79.0 Å². The van der Waals surface area contributed by atoms with Crippen LogP contribution in [0.4, 0.5) is 5.69 Å². The number of nitrogens with zero attached hydrogens (tertiary/aromatic N) is 2. The maximum absolute atomic E-state index is 13.9. The van der Waals surface area contributed by atoms with Gasteiger partial charge < -0.3 is 9.64 Å². The lowest BCUT2D eigenvalue weighted by atomic mass is 9.83. The van der Waals surface area contributed by atoms with Crippen molar-refractivity contribution in [2.45, 2.75) is 12.1 Å². The van der Waals surface area contributed by atoms with E-state index < -0.39 is 23.9 Å². The Bertz CT molecular complexity index is 1400. The molecule has 6 rings (SSSR count). The number of Topliss-reactive ketones (excluding diaryl/α,β-unsaturated/α-hetero) is 1. The molecular weight excluding hydrogens is 464 g/mol. The van der Waals surface area contributed by atoms with Crippen LogP contribution in [-0.4, -0.2) is 35.6 Å². The van der Waals surface area contributed by atoms with E-state index >= 15 is 0 Å². The molecule has 0 saturated carbocycles. The molecule has 174 valence electrons. The van der Waals surface area contributed by atoms with Gasteiger partial charge >= 0.3 is 0 Å². The largest absolute Gasteiger partial charge is 0.497 e. The molecule has 35 heavy (non-hydrogen) atoms.